The van der Waals surface area contributed by atoms with Crippen molar-refractivity contribution in [3.05, 3.63) is 59.7 Å². The zero-order chi connectivity index (χ0) is 26.5. The third-order valence-electron chi connectivity index (χ3n) is 5.93. The maximum atomic E-state index is 14.7. The topological polar surface area (TPSA) is 139 Å². The van der Waals surface area contributed by atoms with E-state index in [9.17, 15) is 18.7 Å². The molecule has 1 saturated heterocycles. The van der Waals surface area contributed by atoms with Crippen LogP contribution in [-0.4, -0.2) is 63.2 Å². The molecule has 2 aromatic heterocycles. The van der Waals surface area contributed by atoms with E-state index in [0.29, 0.717) is 5.95 Å². The van der Waals surface area contributed by atoms with E-state index >= 15 is 0 Å². The summed E-state index contributed by atoms with van der Waals surface area (Å²) in [6.45, 7) is 3.34. The molecule has 10 nitrogen and oxygen atoms in total. The SMILES string of the molecule is COc1cc(OC)c(F)c(-c2ccc(C(=O)O)c3nccnc23)c1F.Nc1nc(CN2CCCC2)c[nH]1. The first-order valence-electron chi connectivity index (χ1n) is 11.4. The van der Waals surface area contributed by atoms with Crippen LogP contribution in [0.2, 0.25) is 0 Å². The fraction of sp³-hybridized carbons (Fsp3) is 0.280. The van der Waals surface area contributed by atoms with Gasteiger partial charge in [0.2, 0.25) is 0 Å². The molecule has 0 spiro atoms. The maximum absolute atomic E-state index is 14.7. The summed E-state index contributed by atoms with van der Waals surface area (Å²) in [6, 6.07) is 3.59. The minimum Gasteiger partial charge on any atom is -0.494 e. The Bertz CT molecular complexity index is 1390. The van der Waals surface area contributed by atoms with Crippen molar-refractivity contribution in [2.75, 3.05) is 33.0 Å². The van der Waals surface area contributed by atoms with Crippen LogP contribution in [0, 0.1) is 11.6 Å². The van der Waals surface area contributed by atoms with Crippen LogP contribution in [0.3, 0.4) is 0 Å². The molecule has 1 fully saturated rings. The predicted molar refractivity (Wildman–Crippen MR) is 132 cm³/mol. The van der Waals surface area contributed by atoms with Crippen LogP contribution in [-0.2, 0) is 6.54 Å². The molecule has 0 radical (unpaired) electrons. The number of nitrogens with two attached hydrogens (primary N) is 1. The van der Waals surface area contributed by atoms with Gasteiger partial charge in [-0.2, -0.15) is 0 Å². The van der Waals surface area contributed by atoms with Gasteiger partial charge in [-0.1, -0.05) is 6.07 Å². The summed E-state index contributed by atoms with van der Waals surface area (Å²) < 4.78 is 39.3. The zero-order valence-electron chi connectivity index (χ0n) is 20.3. The largest absolute Gasteiger partial charge is 0.494 e. The van der Waals surface area contributed by atoms with Gasteiger partial charge in [0.25, 0.3) is 0 Å². The standard InChI is InChI=1S/C17H12F2N2O4.C8H14N4/c1-24-10-7-11(25-2)14(19)12(13(10)18)8-3-4-9(17(22)23)16-15(8)20-5-6-21-16;9-8-10-5-7(11-8)6-12-3-1-2-4-12/h3-7H,1-2H3,(H,22,23);5H,1-4,6H2,(H3,9,10,11). The fourth-order valence-electron chi connectivity index (χ4n) is 4.18. The van der Waals surface area contributed by atoms with Crippen molar-refractivity contribution in [1.29, 1.82) is 0 Å². The van der Waals surface area contributed by atoms with E-state index < -0.39 is 23.2 Å². The molecule has 0 saturated carbocycles. The number of nitrogens with zero attached hydrogens (tertiary/aromatic N) is 4. The normalized spacial score (nSPS) is 13.3. The Kier molecular flexibility index (Phi) is 7.77. The van der Waals surface area contributed by atoms with E-state index in [2.05, 4.69) is 24.8 Å². The Balaban J connectivity index is 0.000000222. The molecule has 1 aliphatic heterocycles. The molecular formula is C25H26F2N6O4. The van der Waals surface area contributed by atoms with Crippen molar-refractivity contribution < 1.29 is 28.2 Å². The van der Waals surface area contributed by atoms with Gasteiger partial charge < -0.3 is 25.3 Å². The number of hydrogen-bond donors (Lipinski definition) is 3. The number of aromatic nitrogens is 4. The quantitative estimate of drug-likeness (QED) is 0.351. The minimum atomic E-state index is -1.22. The van der Waals surface area contributed by atoms with Crippen molar-refractivity contribution in [3.63, 3.8) is 0 Å². The molecule has 0 unspecified atom stereocenters. The Morgan fingerprint density at radius 3 is 2.24 bits per heavy atom. The lowest BCUT2D eigenvalue weighted by Gasteiger charge is -2.14. The van der Waals surface area contributed by atoms with Gasteiger partial charge >= 0.3 is 5.97 Å². The van der Waals surface area contributed by atoms with Crippen LogP contribution in [0.4, 0.5) is 14.7 Å². The van der Waals surface area contributed by atoms with E-state index in [1.54, 1.807) is 0 Å². The van der Waals surface area contributed by atoms with Crippen LogP contribution in [0.25, 0.3) is 22.2 Å². The summed E-state index contributed by atoms with van der Waals surface area (Å²) in [6.07, 6.45) is 7.13. The van der Waals surface area contributed by atoms with Gasteiger partial charge in [0.05, 0.1) is 36.6 Å². The van der Waals surface area contributed by atoms with Crippen molar-refractivity contribution in [2.45, 2.75) is 19.4 Å². The number of ether oxygens (including phenoxy) is 2. The number of methoxy groups -OCH3 is 2. The number of fused-ring (bicyclic) bond motifs is 1. The summed E-state index contributed by atoms with van der Waals surface area (Å²) in [7, 11) is 2.48. The Hall–Kier alpha value is -4.32. The van der Waals surface area contributed by atoms with E-state index in [1.165, 1.54) is 64.7 Å². The maximum Gasteiger partial charge on any atom is 0.337 e. The molecule has 0 aliphatic carbocycles. The summed E-state index contributed by atoms with van der Waals surface area (Å²) >= 11 is 0. The molecule has 2 aromatic carbocycles. The Morgan fingerprint density at radius 1 is 1.08 bits per heavy atom. The highest BCUT2D eigenvalue weighted by atomic mass is 19.1. The molecule has 194 valence electrons. The molecule has 4 aromatic rings. The second-order valence-electron chi connectivity index (χ2n) is 8.26. The van der Waals surface area contributed by atoms with Gasteiger partial charge in [-0.25, -0.2) is 18.6 Å². The van der Waals surface area contributed by atoms with E-state index in [4.69, 9.17) is 15.2 Å². The number of rotatable bonds is 6. The highest BCUT2D eigenvalue weighted by Gasteiger charge is 2.25. The van der Waals surface area contributed by atoms with Gasteiger partial charge in [-0.05, 0) is 32.0 Å². The van der Waals surface area contributed by atoms with Crippen molar-refractivity contribution in [2.24, 2.45) is 0 Å². The predicted octanol–water partition coefficient (Wildman–Crippen LogP) is 3.88. The summed E-state index contributed by atoms with van der Waals surface area (Å²) in [5, 5.41) is 9.26. The van der Waals surface area contributed by atoms with Crippen molar-refractivity contribution >= 4 is 23.0 Å². The smallest absolute Gasteiger partial charge is 0.337 e. The Labute approximate surface area is 211 Å². The van der Waals surface area contributed by atoms with Crippen LogP contribution < -0.4 is 15.2 Å². The molecule has 3 heterocycles. The van der Waals surface area contributed by atoms with Crippen molar-refractivity contribution in [3.8, 4) is 22.6 Å². The molecule has 5 rings (SSSR count). The molecule has 1 aliphatic rings. The molecule has 0 amide bonds. The van der Waals surface area contributed by atoms with E-state index in [1.807, 2.05) is 6.20 Å². The number of nitrogens with one attached hydrogen (secondary N) is 1. The fourth-order valence-corrected chi connectivity index (χ4v) is 4.18. The van der Waals surface area contributed by atoms with Gasteiger partial charge in [-0.15, -0.1) is 0 Å². The first-order chi connectivity index (χ1) is 17.8. The first-order valence-corrected chi connectivity index (χ1v) is 11.4. The number of hydrogen-bond acceptors (Lipinski definition) is 8. The number of imidazole rings is 1. The number of likely N-dealkylation sites (tertiary alicyclic amines) is 1. The second-order valence-corrected chi connectivity index (χ2v) is 8.26. The monoisotopic (exact) mass is 512 g/mol. The number of nitrogen functional groups attached to an aromatic ring is 1. The molecule has 0 atom stereocenters. The van der Waals surface area contributed by atoms with Gasteiger partial charge in [0.15, 0.2) is 29.1 Å². The summed E-state index contributed by atoms with van der Waals surface area (Å²) in [5.41, 5.74) is 6.08. The van der Waals surface area contributed by atoms with Crippen LogP contribution >= 0.6 is 0 Å². The average Bonchev–Trinajstić information content (AvgIpc) is 3.56. The van der Waals surface area contributed by atoms with Gasteiger partial charge in [0.1, 0.15) is 5.52 Å². The molecule has 12 heteroatoms. The van der Waals surface area contributed by atoms with Crippen molar-refractivity contribution in [1.82, 2.24) is 24.8 Å². The van der Waals surface area contributed by atoms with Gasteiger partial charge in [0, 0.05) is 36.8 Å². The number of benzene rings is 2. The van der Waals surface area contributed by atoms with Crippen LogP contribution in [0.5, 0.6) is 11.5 Å². The van der Waals surface area contributed by atoms with Crippen LogP contribution in [0.15, 0.2) is 36.8 Å². The summed E-state index contributed by atoms with van der Waals surface area (Å²) in [5.74, 6) is -3.03. The highest BCUT2D eigenvalue weighted by molar-refractivity contribution is 6.05. The second kappa shape index (κ2) is 11.2. The van der Waals surface area contributed by atoms with Gasteiger partial charge in [-0.3, -0.25) is 14.9 Å². The lowest BCUT2D eigenvalue weighted by molar-refractivity contribution is 0.0699. The molecule has 0 bridgehead atoms. The first kappa shape index (κ1) is 25.8. The van der Waals surface area contributed by atoms with Crippen LogP contribution in [0.1, 0.15) is 28.9 Å². The molecular weight excluding hydrogens is 486 g/mol. The lowest BCUT2D eigenvalue weighted by Crippen LogP contribution is -2.18. The third-order valence-corrected chi connectivity index (χ3v) is 5.93. The Morgan fingerprint density at radius 2 is 1.70 bits per heavy atom. The average molecular weight is 513 g/mol. The third kappa shape index (κ3) is 5.43. The lowest BCUT2D eigenvalue weighted by atomic mass is 9.99. The number of anilines is 1. The molecule has 4 N–H and O–H groups in total. The van der Waals surface area contributed by atoms with E-state index in [-0.39, 0.29) is 33.7 Å². The number of carbonyl (C=O) groups is 1. The number of halogens is 2. The zero-order valence-corrected chi connectivity index (χ0v) is 20.3. The van der Waals surface area contributed by atoms with E-state index in [0.717, 1.165) is 18.3 Å². The molecule has 37 heavy (non-hydrogen) atoms. The number of aromatic amines is 1. The highest BCUT2D eigenvalue weighted by Crippen LogP contribution is 2.40. The number of H-pyrrole nitrogens is 1. The summed E-state index contributed by atoms with van der Waals surface area (Å²) in [4.78, 5) is 28.8. The number of carboxylic acid groups (broad SMARTS) is 1. The number of carboxylic acids is 1. The number of aromatic carboxylic acids is 1. The minimum absolute atomic E-state index is 0.0214.